The second kappa shape index (κ2) is 15.6. The molecular formula is C14H26Na2O6S. The largest absolute Gasteiger partial charge is 1.00 e. The van der Waals surface area contributed by atoms with Gasteiger partial charge in [-0.05, 0) is 12.8 Å². The first-order valence-electron chi connectivity index (χ1n) is 7.65. The molecule has 0 amide bonds. The van der Waals surface area contributed by atoms with E-state index in [1.807, 2.05) is 0 Å². The van der Waals surface area contributed by atoms with E-state index in [2.05, 4.69) is 11.1 Å². The molecule has 0 aromatic rings. The number of unbranched alkanes of at least 4 members (excludes halogenated alkanes) is 7. The number of aliphatic carboxylic acids is 1. The fourth-order valence-electron chi connectivity index (χ4n) is 2.30. The standard InChI is InChI=1S/C14H28O6S.2Na/c1-3-5-6-7-8-9-10-11-12-14(4-2,13(15)16)20-21(17,18)19;;/h3-12H2,1-2H3,(H,15,16)(H,17,18,19);;/q;2*+1/p-2. The summed E-state index contributed by atoms with van der Waals surface area (Å²) >= 11 is 0. The fraction of sp³-hybridized carbons (Fsp3) is 0.929. The van der Waals surface area contributed by atoms with E-state index in [9.17, 15) is 22.9 Å². The zero-order valence-corrected chi connectivity index (χ0v) is 19.7. The van der Waals surface area contributed by atoms with Gasteiger partial charge < -0.3 is 14.5 Å². The molecule has 1 atom stereocenters. The van der Waals surface area contributed by atoms with Crippen LogP contribution in [0.3, 0.4) is 0 Å². The van der Waals surface area contributed by atoms with Crippen LogP contribution < -0.4 is 64.2 Å². The van der Waals surface area contributed by atoms with Gasteiger partial charge in [-0.3, -0.25) is 4.18 Å². The van der Waals surface area contributed by atoms with Crippen molar-refractivity contribution < 1.29 is 86.2 Å². The van der Waals surface area contributed by atoms with Crippen LogP contribution in [0.5, 0.6) is 0 Å². The fourth-order valence-corrected chi connectivity index (χ4v) is 2.96. The summed E-state index contributed by atoms with van der Waals surface area (Å²) in [5, 5.41) is 11.1. The second-order valence-electron chi connectivity index (χ2n) is 5.35. The maximum absolute atomic E-state index is 11.1. The van der Waals surface area contributed by atoms with Gasteiger partial charge in [0.15, 0.2) is 0 Å². The van der Waals surface area contributed by atoms with Crippen LogP contribution in [0, 0.1) is 0 Å². The quantitative estimate of drug-likeness (QED) is 0.142. The molecule has 0 saturated carbocycles. The molecular weight excluding hydrogens is 342 g/mol. The molecule has 0 aliphatic rings. The zero-order chi connectivity index (χ0) is 16.4. The summed E-state index contributed by atoms with van der Waals surface area (Å²) in [4.78, 5) is 11.1. The SMILES string of the molecule is CCCCCCCCCCC(CC)(OS(=O)(=O)[O-])C(=O)[O-].[Na+].[Na+]. The van der Waals surface area contributed by atoms with E-state index < -0.39 is 22.0 Å². The number of carboxylic acids is 1. The van der Waals surface area contributed by atoms with E-state index in [1.54, 1.807) is 0 Å². The summed E-state index contributed by atoms with van der Waals surface area (Å²) in [7, 11) is -5.07. The predicted molar refractivity (Wildman–Crippen MR) is 76.0 cm³/mol. The van der Waals surface area contributed by atoms with Crippen molar-refractivity contribution in [1.29, 1.82) is 0 Å². The Morgan fingerprint density at radius 2 is 1.39 bits per heavy atom. The van der Waals surface area contributed by atoms with Crippen LogP contribution in [0.25, 0.3) is 0 Å². The van der Waals surface area contributed by atoms with Crippen molar-refractivity contribution in [2.75, 3.05) is 0 Å². The summed E-state index contributed by atoms with van der Waals surface area (Å²) in [6, 6.07) is 0. The van der Waals surface area contributed by atoms with E-state index in [4.69, 9.17) is 0 Å². The summed E-state index contributed by atoms with van der Waals surface area (Å²) in [6.45, 7) is 3.61. The van der Waals surface area contributed by atoms with Gasteiger partial charge in [0.05, 0.1) is 5.97 Å². The molecule has 0 N–H and O–H groups in total. The molecule has 0 bridgehead atoms. The molecule has 0 aliphatic heterocycles. The van der Waals surface area contributed by atoms with Crippen LogP contribution in [-0.4, -0.2) is 24.5 Å². The zero-order valence-electron chi connectivity index (χ0n) is 14.9. The van der Waals surface area contributed by atoms with Crippen molar-refractivity contribution in [3.63, 3.8) is 0 Å². The van der Waals surface area contributed by atoms with Gasteiger partial charge in [-0.1, -0.05) is 65.2 Å². The van der Waals surface area contributed by atoms with E-state index in [-0.39, 0.29) is 72.0 Å². The third-order valence-corrected chi connectivity index (χ3v) is 4.16. The Labute approximate surface area is 184 Å². The Balaban J connectivity index is -0.00000200. The van der Waals surface area contributed by atoms with Crippen LogP contribution in [0.4, 0.5) is 0 Å². The summed E-state index contributed by atoms with van der Waals surface area (Å²) in [5.74, 6) is -1.65. The normalized spacial score (nSPS) is 13.5. The Hall–Kier alpha value is 1.34. The van der Waals surface area contributed by atoms with Gasteiger partial charge in [0, 0.05) is 0 Å². The van der Waals surface area contributed by atoms with Crippen LogP contribution in [-0.2, 0) is 19.4 Å². The molecule has 9 heteroatoms. The number of rotatable bonds is 13. The minimum absolute atomic E-state index is 0. The van der Waals surface area contributed by atoms with Crippen LogP contribution in [0.1, 0.15) is 78.1 Å². The molecule has 0 radical (unpaired) electrons. The molecule has 0 saturated heterocycles. The van der Waals surface area contributed by atoms with Crippen molar-refractivity contribution >= 4 is 16.4 Å². The van der Waals surface area contributed by atoms with Crippen molar-refractivity contribution in [1.82, 2.24) is 0 Å². The maximum Gasteiger partial charge on any atom is 1.00 e. The average molecular weight is 368 g/mol. The van der Waals surface area contributed by atoms with Gasteiger partial charge >= 0.3 is 59.1 Å². The topological polar surface area (TPSA) is 107 Å². The number of carbonyl (C=O) groups excluding carboxylic acids is 1. The Morgan fingerprint density at radius 1 is 0.957 bits per heavy atom. The van der Waals surface area contributed by atoms with Gasteiger partial charge in [-0.25, -0.2) is 8.42 Å². The molecule has 0 heterocycles. The third kappa shape index (κ3) is 14.2. The molecule has 1 unspecified atom stereocenters. The molecule has 0 aliphatic carbocycles. The molecule has 23 heavy (non-hydrogen) atoms. The first-order chi connectivity index (χ1) is 9.77. The summed E-state index contributed by atoms with van der Waals surface area (Å²) in [6.07, 6.45) is 7.92. The molecule has 0 aromatic heterocycles. The number of carbonyl (C=O) groups is 1. The maximum atomic E-state index is 11.1. The molecule has 0 rings (SSSR count). The second-order valence-corrected chi connectivity index (χ2v) is 6.33. The Bertz CT molecular complexity index is 402. The summed E-state index contributed by atoms with van der Waals surface area (Å²) < 4.78 is 36.3. The van der Waals surface area contributed by atoms with E-state index >= 15 is 0 Å². The summed E-state index contributed by atoms with van der Waals surface area (Å²) in [5.41, 5.74) is -2.03. The van der Waals surface area contributed by atoms with Crippen LogP contribution in [0.2, 0.25) is 0 Å². The molecule has 0 aromatic carbocycles. The molecule has 0 spiro atoms. The Morgan fingerprint density at radius 3 is 1.74 bits per heavy atom. The van der Waals surface area contributed by atoms with Gasteiger partial charge in [-0.2, -0.15) is 0 Å². The minimum Gasteiger partial charge on any atom is -0.725 e. The third-order valence-electron chi connectivity index (χ3n) is 3.64. The van der Waals surface area contributed by atoms with Crippen LogP contribution >= 0.6 is 0 Å². The molecule has 0 fully saturated rings. The monoisotopic (exact) mass is 368 g/mol. The number of carboxylic acid groups (broad SMARTS) is 1. The minimum atomic E-state index is -5.07. The van der Waals surface area contributed by atoms with Gasteiger partial charge in [0.25, 0.3) is 0 Å². The van der Waals surface area contributed by atoms with E-state index in [0.717, 1.165) is 25.7 Å². The average Bonchev–Trinajstić information content (AvgIpc) is 2.38. The number of hydrogen-bond acceptors (Lipinski definition) is 6. The van der Waals surface area contributed by atoms with Crippen molar-refractivity contribution in [2.24, 2.45) is 0 Å². The smallest absolute Gasteiger partial charge is 0.725 e. The molecule has 6 nitrogen and oxygen atoms in total. The Kier molecular flexibility index (Phi) is 19.7. The first-order valence-corrected chi connectivity index (χ1v) is 8.98. The van der Waals surface area contributed by atoms with Gasteiger partial charge in [0.1, 0.15) is 5.60 Å². The van der Waals surface area contributed by atoms with Crippen molar-refractivity contribution in [3.8, 4) is 0 Å². The molecule has 126 valence electrons. The predicted octanol–water partition coefficient (Wildman–Crippen LogP) is -4.10. The van der Waals surface area contributed by atoms with Gasteiger partial charge in [0.2, 0.25) is 10.4 Å². The first kappa shape index (κ1) is 29.1. The van der Waals surface area contributed by atoms with Crippen molar-refractivity contribution in [2.45, 2.75) is 83.7 Å². The number of hydrogen-bond donors (Lipinski definition) is 0. The van der Waals surface area contributed by atoms with E-state index in [0.29, 0.717) is 6.42 Å². The van der Waals surface area contributed by atoms with Crippen molar-refractivity contribution in [3.05, 3.63) is 0 Å². The van der Waals surface area contributed by atoms with Gasteiger partial charge in [-0.15, -0.1) is 0 Å². The van der Waals surface area contributed by atoms with E-state index in [1.165, 1.54) is 26.2 Å². The van der Waals surface area contributed by atoms with Crippen LogP contribution in [0.15, 0.2) is 0 Å².